The van der Waals surface area contributed by atoms with E-state index >= 15 is 0 Å². The van der Waals surface area contributed by atoms with Crippen LogP contribution in [0.3, 0.4) is 0 Å². The lowest BCUT2D eigenvalue weighted by Crippen LogP contribution is -2.59. The van der Waals surface area contributed by atoms with Crippen LogP contribution in [0.15, 0.2) is 91.0 Å². The van der Waals surface area contributed by atoms with E-state index < -0.39 is 22.8 Å². The molecule has 1 aliphatic rings. The molecule has 3 aromatic carbocycles. The standard InChI is InChI=1S/C27H25Cl3N3O2P/c28-27(29,30)26(33-16-18-35-19-17-33)32-25(34)24(20-31)36(21-10-4-1-5-11-21,22-12-6-2-7-13-22)23-14-8-3-9-15-23/h1-15,26H,16-19H2,(H,32,34)/t26-/m0/s1. The monoisotopic (exact) mass is 559 g/mol. The van der Waals surface area contributed by atoms with Crippen LogP contribution in [0.1, 0.15) is 0 Å². The molecule has 1 fully saturated rings. The second-order valence-corrected chi connectivity index (χ2v) is 13.9. The van der Waals surface area contributed by atoms with Gasteiger partial charge in [0.15, 0.2) is 0 Å². The summed E-state index contributed by atoms with van der Waals surface area (Å²) in [4.78, 5) is 15.9. The molecule has 4 rings (SSSR count). The van der Waals surface area contributed by atoms with Gasteiger partial charge in [-0.1, -0.05) is 126 Å². The van der Waals surface area contributed by atoms with Crippen LogP contribution in [-0.2, 0) is 9.53 Å². The van der Waals surface area contributed by atoms with Gasteiger partial charge in [0.05, 0.1) is 13.2 Å². The lowest BCUT2D eigenvalue weighted by molar-refractivity contribution is -0.117. The number of hydrogen-bond donors (Lipinski definition) is 1. The van der Waals surface area contributed by atoms with Crippen LogP contribution in [0.5, 0.6) is 0 Å². The molecule has 186 valence electrons. The number of halogens is 3. The average molecular weight is 561 g/mol. The highest BCUT2D eigenvalue weighted by Crippen LogP contribution is 2.46. The van der Waals surface area contributed by atoms with Crippen molar-refractivity contribution in [2.45, 2.75) is 9.96 Å². The van der Waals surface area contributed by atoms with E-state index in [1.165, 1.54) is 0 Å². The summed E-state index contributed by atoms with van der Waals surface area (Å²) in [6.07, 6.45) is -0.938. The van der Waals surface area contributed by atoms with Gasteiger partial charge >= 0.3 is 0 Å². The van der Waals surface area contributed by atoms with E-state index in [2.05, 4.69) is 11.4 Å². The normalized spacial score (nSPS) is 15.5. The number of benzene rings is 3. The Balaban J connectivity index is 1.99. The molecule has 36 heavy (non-hydrogen) atoms. The molecule has 0 unspecified atom stereocenters. The summed E-state index contributed by atoms with van der Waals surface area (Å²) in [6, 6.07) is 31.3. The van der Waals surface area contributed by atoms with Crippen molar-refractivity contribution in [3.8, 4) is 6.07 Å². The van der Waals surface area contributed by atoms with Gasteiger partial charge in [-0.25, -0.2) is 0 Å². The largest absolute Gasteiger partial charge is 0.379 e. The van der Waals surface area contributed by atoms with E-state index in [-0.39, 0.29) is 5.29 Å². The smallest absolute Gasteiger partial charge is 0.264 e. The molecule has 5 nitrogen and oxygen atoms in total. The first-order valence-corrected chi connectivity index (χ1v) is 14.3. The number of amides is 1. The Labute approximate surface area is 226 Å². The molecule has 1 N–H and O–H groups in total. The van der Waals surface area contributed by atoms with E-state index in [0.29, 0.717) is 26.3 Å². The number of morpholine rings is 1. The van der Waals surface area contributed by atoms with E-state index in [0.717, 1.165) is 15.9 Å². The first-order valence-electron chi connectivity index (χ1n) is 11.4. The number of hydrogen-bond acceptors (Lipinski definition) is 4. The molecule has 1 saturated heterocycles. The summed E-state index contributed by atoms with van der Waals surface area (Å²) in [5.41, 5.74) is 0. The van der Waals surface area contributed by atoms with Crippen LogP contribution in [0, 0.1) is 11.3 Å². The molecular formula is C27H25Cl3N3O2P. The molecule has 3 aromatic rings. The first-order chi connectivity index (χ1) is 17.4. The van der Waals surface area contributed by atoms with Gasteiger partial charge in [-0.15, -0.1) is 0 Å². The molecule has 0 bridgehead atoms. The van der Waals surface area contributed by atoms with Crippen molar-refractivity contribution in [1.29, 1.82) is 5.26 Å². The highest BCUT2D eigenvalue weighted by Gasteiger charge is 2.41. The highest BCUT2D eigenvalue weighted by molar-refractivity contribution is 7.96. The minimum absolute atomic E-state index is 0.0820. The second-order valence-electron chi connectivity index (χ2n) is 8.20. The number of carbonyl (C=O) groups is 1. The van der Waals surface area contributed by atoms with E-state index in [1.807, 2.05) is 95.9 Å². The molecule has 1 heterocycles. The molecule has 1 atom stereocenters. The fourth-order valence-corrected chi connectivity index (χ4v) is 9.10. The summed E-state index contributed by atoms with van der Waals surface area (Å²) in [5, 5.41) is 16.2. The van der Waals surface area contributed by atoms with Gasteiger partial charge in [-0.2, -0.15) is 5.26 Å². The summed E-state index contributed by atoms with van der Waals surface area (Å²) in [7, 11) is 0. The second kappa shape index (κ2) is 11.8. The SMILES string of the molecule is N#CC(C(=O)N[C@@H](N1CCOCC1)C(Cl)(Cl)Cl)=P(c1ccccc1)(c1ccccc1)c1ccccc1. The maximum Gasteiger partial charge on any atom is 0.264 e. The van der Waals surface area contributed by atoms with Gasteiger partial charge in [0.2, 0.25) is 3.79 Å². The maximum atomic E-state index is 14.1. The third kappa shape index (κ3) is 5.50. The Bertz CT molecular complexity index is 1170. The van der Waals surface area contributed by atoms with Crippen LogP contribution in [0.4, 0.5) is 0 Å². The quantitative estimate of drug-likeness (QED) is 0.368. The molecule has 0 aliphatic carbocycles. The van der Waals surface area contributed by atoms with Gasteiger partial charge in [0.25, 0.3) is 5.91 Å². The van der Waals surface area contributed by atoms with Crippen molar-refractivity contribution < 1.29 is 9.53 Å². The van der Waals surface area contributed by atoms with Crippen LogP contribution in [0.2, 0.25) is 0 Å². The zero-order valence-corrected chi connectivity index (χ0v) is 22.5. The van der Waals surface area contributed by atoms with Gasteiger partial charge < -0.3 is 10.1 Å². The molecule has 1 aliphatic heterocycles. The Kier molecular flexibility index (Phi) is 8.80. The molecule has 9 heteroatoms. The number of carbonyl (C=O) groups excluding carboxylic acids is 1. The summed E-state index contributed by atoms with van der Waals surface area (Å²) in [5.74, 6) is -0.565. The Morgan fingerprint density at radius 1 is 0.861 bits per heavy atom. The lowest BCUT2D eigenvalue weighted by atomic mass is 10.3. The van der Waals surface area contributed by atoms with E-state index in [9.17, 15) is 10.1 Å². The fourth-order valence-electron chi connectivity index (χ4n) is 4.48. The molecule has 0 radical (unpaired) electrons. The maximum absolute atomic E-state index is 14.1. The van der Waals surface area contributed by atoms with Gasteiger partial charge in [-0.3, -0.25) is 9.69 Å². The first kappa shape index (κ1) is 26.8. The number of nitrogens with one attached hydrogen (secondary N) is 1. The zero-order valence-electron chi connectivity index (χ0n) is 19.4. The van der Waals surface area contributed by atoms with Crippen molar-refractivity contribution in [3.63, 3.8) is 0 Å². The average Bonchev–Trinajstić information content (AvgIpc) is 2.91. The van der Waals surface area contributed by atoms with Gasteiger partial charge in [-0.05, 0) is 15.9 Å². The topological polar surface area (TPSA) is 65.4 Å². The Hall–Kier alpha value is -2.29. The number of rotatable bonds is 6. The molecule has 1 amide bonds. The minimum Gasteiger partial charge on any atom is -0.379 e. The fraction of sp³-hybridized carbons (Fsp3) is 0.222. The molecule has 0 spiro atoms. The van der Waals surface area contributed by atoms with Crippen LogP contribution < -0.4 is 21.2 Å². The third-order valence-corrected chi connectivity index (χ3v) is 10.9. The van der Waals surface area contributed by atoms with Crippen LogP contribution in [-0.4, -0.2) is 52.4 Å². The predicted molar refractivity (Wildman–Crippen MR) is 150 cm³/mol. The predicted octanol–water partition coefficient (Wildman–Crippen LogP) is 3.82. The Morgan fingerprint density at radius 2 is 1.28 bits per heavy atom. The Morgan fingerprint density at radius 3 is 1.64 bits per heavy atom. The van der Waals surface area contributed by atoms with Crippen LogP contribution in [0.25, 0.3) is 0 Å². The summed E-state index contributed by atoms with van der Waals surface area (Å²) >= 11 is 19.0. The molecule has 0 saturated carbocycles. The van der Waals surface area contributed by atoms with Gasteiger partial charge in [0.1, 0.15) is 17.5 Å². The van der Waals surface area contributed by atoms with Crippen molar-refractivity contribution in [2.75, 3.05) is 26.3 Å². The third-order valence-electron chi connectivity index (χ3n) is 6.08. The van der Waals surface area contributed by atoms with E-state index in [4.69, 9.17) is 39.5 Å². The number of nitrogens with zero attached hydrogens (tertiary/aromatic N) is 2. The summed E-state index contributed by atoms with van der Waals surface area (Å²) in [6.45, 7) is -1.02. The van der Waals surface area contributed by atoms with E-state index in [1.54, 1.807) is 0 Å². The van der Waals surface area contributed by atoms with Crippen molar-refractivity contribution in [3.05, 3.63) is 91.0 Å². The number of ether oxygens (including phenoxy) is 1. The minimum atomic E-state index is -2.90. The number of nitriles is 1. The van der Waals surface area contributed by atoms with Gasteiger partial charge in [0, 0.05) is 20.0 Å². The van der Waals surface area contributed by atoms with Crippen molar-refractivity contribution in [2.24, 2.45) is 0 Å². The van der Waals surface area contributed by atoms with Crippen molar-refractivity contribution in [1.82, 2.24) is 10.2 Å². The molecular weight excluding hydrogens is 536 g/mol. The highest BCUT2D eigenvalue weighted by atomic mass is 35.6. The van der Waals surface area contributed by atoms with Crippen LogP contribution >= 0.6 is 41.7 Å². The lowest BCUT2D eigenvalue weighted by Gasteiger charge is -2.38. The summed E-state index contributed by atoms with van der Waals surface area (Å²) < 4.78 is 3.61. The van der Waals surface area contributed by atoms with Crippen molar-refractivity contribution >= 4 is 68.8 Å². The zero-order chi connectivity index (χ0) is 25.6. The number of alkyl halides is 3. The molecule has 0 aromatic heterocycles.